The van der Waals surface area contributed by atoms with Gasteiger partial charge >= 0.3 is 0 Å². The Morgan fingerprint density at radius 1 is 0.958 bits per heavy atom. The van der Waals surface area contributed by atoms with Crippen LogP contribution in [0, 0.1) is 39.9 Å². The van der Waals surface area contributed by atoms with Crippen LogP contribution in [0.25, 0.3) is 0 Å². The Balaban J connectivity index is 1.63. The highest BCUT2D eigenvalue weighted by molar-refractivity contribution is 5.92. The predicted octanol–water partition coefficient (Wildman–Crippen LogP) is 5.25. The first-order chi connectivity index (χ1) is 11.2. The zero-order valence-corrected chi connectivity index (χ0v) is 16.4. The maximum atomic E-state index is 13.1. The molecule has 1 unspecified atom stereocenters. The molecule has 4 aliphatic carbocycles. The Bertz CT molecular complexity index is 538. The van der Waals surface area contributed by atoms with Crippen LogP contribution in [0.4, 0.5) is 0 Å². The maximum absolute atomic E-state index is 13.1. The molecule has 4 fully saturated rings. The van der Waals surface area contributed by atoms with Crippen LogP contribution in [0.3, 0.4) is 0 Å². The highest BCUT2D eigenvalue weighted by atomic mass is 16.5. The predicted molar refractivity (Wildman–Crippen MR) is 96.7 cm³/mol. The average molecular weight is 333 g/mol. The van der Waals surface area contributed by atoms with E-state index >= 15 is 0 Å². The van der Waals surface area contributed by atoms with Crippen molar-refractivity contribution in [3.05, 3.63) is 0 Å². The second-order valence-corrected chi connectivity index (χ2v) is 10.7. The van der Waals surface area contributed by atoms with Crippen molar-refractivity contribution in [3.8, 4) is 0 Å². The second kappa shape index (κ2) is 5.32. The molecule has 0 heterocycles. The molecule has 0 radical (unpaired) electrons. The standard InChI is InChI=1S/C22H36O2/c1-20(2)13-18-16-7-6-14-12-15(24-5)8-10-21(14,3)17(16)9-11-22(18,4)19(20)23/h14-18H,6-13H2,1-5H3/t14-,15?,16+,17-,18-,21-,22-/m0/s1. The Labute approximate surface area is 148 Å². The summed E-state index contributed by atoms with van der Waals surface area (Å²) in [6.07, 6.45) is 10.6. The molecule has 2 nitrogen and oxygen atoms in total. The third-order valence-electron chi connectivity index (χ3n) is 9.20. The first-order valence-corrected chi connectivity index (χ1v) is 10.3. The second-order valence-electron chi connectivity index (χ2n) is 10.7. The van der Waals surface area contributed by atoms with Gasteiger partial charge in [0.1, 0.15) is 5.78 Å². The van der Waals surface area contributed by atoms with E-state index in [1.807, 2.05) is 7.11 Å². The van der Waals surface area contributed by atoms with Gasteiger partial charge in [-0.2, -0.15) is 0 Å². The summed E-state index contributed by atoms with van der Waals surface area (Å²) in [5.41, 5.74) is 0.367. The molecular weight excluding hydrogens is 296 g/mol. The Morgan fingerprint density at radius 3 is 2.42 bits per heavy atom. The number of ketones is 1. The van der Waals surface area contributed by atoms with Gasteiger partial charge in [0.25, 0.3) is 0 Å². The summed E-state index contributed by atoms with van der Waals surface area (Å²) in [4.78, 5) is 13.1. The molecular formula is C22H36O2. The summed E-state index contributed by atoms with van der Waals surface area (Å²) in [7, 11) is 1.89. The summed E-state index contributed by atoms with van der Waals surface area (Å²) in [5, 5.41) is 0. The molecule has 0 amide bonds. The Hall–Kier alpha value is -0.370. The van der Waals surface area contributed by atoms with Crippen molar-refractivity contribution in [2.24, 2.45) is 39.9 Å². The van der Waals surface area contributed by atoms with Crippen LogP contribution in [0.5, 0.6) is 0 Å². The lowest BCUT2D eigenvalue weighted by molar-refractivity contribution is -0.145. The molecule has 4 aliphatic rings. The van der Waals surface area contributed by atoms with Crippen LogP contribution in [-0.4, -0.2) is 19.0 Å². The molecule has 0 aromatic carbocycles. The first-order valence-electron chi connectivity index (χ1n) is 10.3. The molecule has 4 saturated carbocycles. The fourth-order valence-electron chi connectivity index (χ4n) is 7.83. The highest BCUT2D eigenvalue weighted by Crippen LogP contribution is 2.67. The Morgan fingerprint density at radius 2 is 1.71 bits per heavy atom. The van der Waals surface area contributed by atoms with Crippen molar-refractivity contribution in [1.29, 1.82) is 0 Å². The molecule has 0 aromatic rings. The van der Waals surface area contributed by atoms with E-state index in [0.717, 1.165) is 30.6 Å². The fourth-order valence-corrected chi connectivity index (χ4v) is 7.83. The number of ether oxygens (including phenoxy) is 1. The van der Waals surface area contributed by atoms with Gasteiger partial charge in [0.2, 0.25) is 0 Å². The lowest BCUT2D eigenvalue weighted by Crippen LogP contribution is -2.54. The molecule has 0 spiro atoms. The number of carbonyl (C=O) groups excluding carboxylic acids is 1. The average Bonchev–Trinajstić information content (AvgIpc) is 2.73. The van der Waals surface area contributed by atoms with E-state index in [1.54, 1.807) is 0 Å². The number of methoxy groups -OCH3 is 1. The number of hydrogen-bond acceptors (Lipinski definition) is 2. The van der Waals surface area contributed by atoms with Gasteiger partial charge in [0, 0.05) is 17.9 Å². The summed E-state index contributed by atoms with van der Waals surface area (Å²) in [6.45, 7) is 9.29. The number of fused-ring (bicyclic) bond motifs is 5. The van der Waals surface area contributed by atoms with Crippen molar-refractivity contribution < 1.29 is 9.53 Å². The number of hydrogen-bond donors (Lipinski definition) is 0. The number of carbonyl (C=O) groups is 1. The Kier molecular flexibility index (Phi) is 3.78. The molecule has 0 N–H and O–H groups in total. The van der Waals surface area contributed by atoms with E-state index in [-0.39, 0.29) is 10.8 Å². The third kappa shape index (κ3) is 2.14. The van der Waals surface area contributed by atoms with E-state index < -0.39 is 0 Å². The number of Topliss-reactive ketones (excluding diaryl/α,β-unsaturated/α-hetero) is 1. The minimum Gasteiger partial charge on any atom is -0.381 e. The van der Waals surface area contributed by atoms with Crippen LogP contribution < -0.4 is 0 Å². The van der Waals surface area contributed by atoms with Gasteiger partial charge < -0.3 is 4.74 Å². The third-order valence-corrected chi connectivity index (χ3v) is 9.20. The lowest BCUT2D eigenvalue weighted by Gasteiger charge is -2.60. The molecule has 4 rings (SSSR count). The molecule has 0 aliphatic heterocycles. The van der Waals surface area contributed by atoms with Crippen molar-refractivity contribution >= 4 is 5.78 Å². The molecule has 2 heteroatoms. The van der Waals surface area contributed by atoms with Crippen LogP contribution in [0.15, 0.2) is 0 Å². The lowest BCUT2D eigenvalue weighted by atomic mass is 9.45. The van der Waals surface area contributed by atoms with Crippen molar-refractivity contribution in [3.63, 3.8) is 0 Å². The largest absolute Gasteiger partial charge is 0.381 e. The minimum atomic E-state index is -0.0974. The fraction of sp³-hybridized carbons (Fsp3) is 0.955. The van der Waals surface area contributed by atoms with Crippen LogP contribution >= 0.6 is 0 Å². The van der Waals surface area contributed by atoms with E-state index in [4.69, 9.17) is 4.74 Å². The van der Waals surface area contributed by atoms with Crippen LogP contribution in [0.1, 0.15) is 79.1 Å². The van der Waals surface area contributed by atoms with E-state index in [1.165, 1.54) is 38.5 Å². The van der Waals surface area contributed by atoms with Crippen LogP contribution in [0.2, 0.25) is 0 Å². The summed E-state index contributed by atoms with van der Waals surface area (Å²) >= 11 is 0. The first kappa shape index (κ1) is 17.1. The summed E-state index contributed by atoms with van der Waals surface area (Å²) in [6, 6.07) is 0. The molecule has 0 aromatic heterocycles. The molecule has 136 valence electrons. The zero-order valence-electron chi connectivity index (χ0n) is 16.4. The normalized spacial score (nSPS) is 53.2. The molecule has 0 saturated heterocycles. The van der Waals surface area contributed by atoms with Gasteiger partial charge in [-0.05, 0) is 80.5 Å². The smallest absolute Gasteiger partial charge is 0.144 e. The summed E-state index contributed by atoms with van der Waals surface area (Å²) < 4.78 is 5.70. The van der Waals surface area contributed by atoms with Gasteiger partial charge in [-0.1, -0.05) is 27.7 Å². The van der Waals surface area contributed by atoms with Crippen LogP contribution in [-0.2, 0) is 9.53 Å². The van der Waals surface area contributed by atoms with Gasteiger partial charge in [-0.3, -0.25) is 4.79 Å². The van der Waals surface area contributed by atoms with Crippen molar-refractivity contribution in [2.75, 3.05) is 7.11 Å². The van der Waals surface area contributed by atoms with E-state index in [0.29, 0.717) is 23.2 Å². The van der Waals surface area contributed by atoms with Gasteiger partial charge in [-0.15, -0.1) is 0 Å². The van der Waals surface area contributed by atoms with Gasteiger partial charge in [-0.25, -0.2) is 0 Å². The zero-order chi connectivity index (χ0) is 17.3. The highest BCUT2D eigenvalue weighted by Gasteiger charge is 2.64. The SMILES string of the molecule is COC1CC[C@@]2(C)[C@@H](CC[C@@H]3[C@@H]2CC[C@]2(C)C(=O)C(C)(C)C[C@@H]32)C1. The quantitative estimate of drug-likeness (QED) is 0.655. The minimum absolute atomic E-state index is 0.0302. The topological polar surface area (TPSA) is 26.3 Å². The van der Waals surface area contributed by atoms with Gasteiger partial charge in [0.05, 0.1) is 6.10 Å². The maximum Gasteiger partial charge on any atom is 0.144 e. The van der Waals surface area contributed by atoms with E-state index in [2.05, 4.69) is 27.7 Å². The van der Waals surface area contributed by atoms with Crippen molar-refractivity contribution in [1.82, 2.24) is 0 Å². The molecule has 7 atom stereocenters. The number of rotatable bonds is 1. The van der Waals surface area contributed by atoms with E-state index in [9.17, 15) is 4.79 Å². The monoisotopic (exact) mass is 332 g/mol. The molecule has 0 bridgehead atoms. The summed E-state index contributed by atoms with van der Waals surface area (Å²) in [5.74, 6) is 3.67. The molecule has 24 heavy (non-hydrogen) atoms. The van der Waals surface area contributed by atoms with Gasteiger partial charge in [0.15, 0.2) is 0 Å². The van der Waals surface area contributed by atoms with Crippen molar-refractivity contribution in [2.45, 2.75) is 85.2 Å².